The first kappa shape index (κ1) is 11.3. The van der Waals surface area contributed by atoms with Gasteiger partial charge in [-0.05, 0) is 41.3 Å². The molecule has 0 fully saturated rings. The summed E-state index contributed by atoms with van der Waals surface area (Å²) < 4.78 is 12.8. The Hall–Kier alpha value is -1.15. The molecule has 16 heavy (non-hydrogen) atoms. The van der Waals surface area contributed by atoms with Gasteiger partial charge in [-0.2, -0.15) is 0 Å². The Kier molecular flexibility index (Phi) is 3.39. The van der Waals surface area contributed by atoms with Crippen LogP contribution in [-0.2, 0) is 5.33 Å². The van der Waals surface area contributed by atoms with E-state index in [9.17, 15) is 4.39 Å². The van der Waals surface area contributed by atoms with Crippen LogP contribution in [0.25, 0.3) is 11.1 Å². The fourth-order valence-corrected chi connectivity index (χ4v) is 2.11. The van der Waals surface area contributed by atoms with E-state index >= 15 is 0 Å². The highest BCUT2D eigenvalue weighted by atomic mass is 79.9. The van der Waals surface area contributed by atoms with Crippen molar-refractivity contribution in [3.05, 3.63) is 59.4 Å². The van der Waals surface area contributed by atoms with Crippen molar-refractivity contribution in [2.45, 2.75) is 12.3 Å². The summed E-state index contributed by atoms with van der Waals surface area (Å²) in [6, 6.07) is 12.9. The minimum Gasteiger partial charge on any atom is -0.207 e. The van der Waals surface area contributed by atoms with Crippen LogP contribution < -0.4 is 0 Å². The van der Waals surface area contributed by atoms with Crippen molar-refractivity contribution in [3.8, 4) is 11.1 Å². The van der Waals surface area contributed by atoms with E-state index < -0.39 is 0 Å². The number of benzene rings is 2. The zero-order valence-electron chi connectivity index (χ0n) is 9.00. The number of hydrogen-bond acceptors (Lipinski definition) is 0. The normalized spacial score (nSPS) is 10.4. The van der Waals surface area contributed by atoms with Gasteiger partial charge in [0, 0.05) is 5.33 Å². The zero-order valence-corrected chi connectivity index (χ0v) is 10.6. The third kappa shape index (κ3) is 2.33. The van der Waals surface area contributed by atoms with Gasteiger partial charge in [0.1, 0.15) is 5.82 Å². The van der Waals surface area contributed by atoms with Gasteiger partial charge in [0.25, 0.3) is 0 Å². The minimum absolute atomic E-state index is 0.196. The van der Waals surface area contributed by atoms with Crippen LogP contribution >= 0.6 is 15.9 Å². The molecule has 82 valence electrons. The zero-order chi connectivity index (χ0) is 11.5. The van der Waals surface area contributed by atoms with Gasteiger partial charge in [0.15, 0.2) is 0 Å². The second kappa shape index (κ2) is 4.79. The molecule has 0 saturated heterocycles. The number of hydrogen-bond donors (Lipinski definition) is 0. The molecule has 0 aliphatic carbocycles. The van der Waals surface area contributed by atoms with Crippen LogP contribution in [0.4, 0.5) is 4.39 Å². The molecule has 0 aliphatic heterocycles. The molecule has 2 aromatic carbocycles. The summed E-state index contributed by atoms with van der Waals surface area (Å²) in [6.45, 7) is 2.07. The van der Waals surface area contributed by atoms with E-state index in [1.807, 2.05) is 12.1 Å². The van der Waals surface area contributed by atoms with Crippen LogP contribution in [0.1, 0.15) is 11.1 Å². The van der Waals surface area contributed by atoms with Crippen molar-refractivity contribution in [1.82, 2.24) is 0 Å². The van der Waals surface area contributed by atoms with E-state index in [2.05, 4.69) is 41.1 Å². The van der Waals surface area contributed by atoms with Crippen molar-refractivity contribution in [3.63, 3.8) is 0 Å². The molecule has 0 aliphatic rings. The smallest absolute Gasteiger partial charge is 0.123 e. The first-order valence-electron chi connectivity index (χ1n) is 5.12. The summed E-state index contributed by atoms with van der Waals surface area (Å²) in [7, 11) is 0. The van der Waals surface area contributed by atoms with Crippen molar-refractivity contribution >= 4 is 15.9 Å². The first-order valence-corrected chi connectivity index (χ1v) is 6.24. The quantitative estimate of drug-likeness (QED) is 0.699. The molecule has 0 atom stereocenters. The Balaban J connectivity index is 2.44. The van der Waals surface area contributed by atoms with E-state index in [0.29, 0.717) is 0 Å². The van der Waals surface area contributed by atoms with Crippen LogP contribution in [0.3, 0.4) is 0 Å². The van der Waals surface area contributed by atoms with E-state index in [4.69, 9.17) is 0 Å². The molecule has 0 heterocycles. The van der Waals surface area contributed by atoms with Crippen LogP contribution in [0.2, 0.25) is 0 Å². The first-order chi connectivity index (χ1) is 7.70. The average Bonchev–Trinajstić information content (AvgIpc) is 2.30. The van der Waals surface area contributed by atoms with Gasteiger partial charge in [0.2, 0.25) is 0 Å². The van der Waals surface area contributed by atoms with Crippen LogP contribution in [-0.4, -0.2) is 0 Å². The maximum Gasteiger partial charge on any atom is 0.123 e. The Labute approximate surface area is 103 Å². The highest BCUT2D eigenvalue weighted by Crippen LogP contribution is 2.25. The van der Waals surface area contributed by atoms with Gasteiger partial charge in [-0.25, -0.2) is 4.39 Å². The monoisotopic (exact) mass is 278 g/mol. The lowest BCUT2D eigenvalue weighted by atomic mass is 9.99. The molecule has 0 radical (unpaired) electrons. The second-order valence-electron chi connectivity index (χ2n) is 3.79. The summed E-state index contributed by atoms with van der Waals surface area (Å²) in [5, 5.41) is 0.859. The Morgan fingerprint density at radius 1 is 1.06 bits per heavy atom. The summed E-state index contributed by atoms with van der Waals surface area (Å²) in [6.07, 6.45) is 0. The number of aryl methyl sites for hydroxylation is 1. The molecule has 2 heteroatoms. The minimum atomic E-state index is -0.196. The van der Waals surface area contributed by atoms with Crippen LogP contribution in [0, 0.1) is 12.7 Å². The molecular formula is C14H12BrF. The Bertz CT molecular complexity index is 489. The fourth-order valence-electron chi connectivity index (χ4n) is 1.76. The molecule has 0 saturated carbocycles. The molecular weight excluding hydrogens is 267 g/mol. The van der Waals surface area contributed by atoms with Gasteiger partial charge in [-0.15, -0.1) is 0 Å². The van der Waals surface area contributed by atoms with Gasteiger partial charge >= 0.3 is 0 Å². The lowest BCUT2D eigenvalue weighted by Gasteiger charge is -2.07. The van der Waals surface area contributed by atoms with Crippen molar-refractivity contribution < 1.29 is 4.39 Å². The van der Waals surface area contributed by atoms with E-state index in [1.54, 1.807) is 0 Å². The van der Waals surface area contributed by atoms with E-state index in [-0.39, 0.29) is 5.82 Å². The largest absolute Gasteiger partial charge is 0.207 e. The Morgan fingerprint density at radius 3 is 2.31 bits per heavy atom. The highest BCUT2D eigenvalue weighted by molar-refractivity contribution is 9.08. The topological polar surface area (TPSA) is 0 Å². The molecule has 0 amide bonds. The average molecular weight is 279 g/mol. The van der Waals surface area contributed by atoms with Crippen molar-refractivity contribution in [2.24, 2.45) is 0 Å². The van der Waals surface area contributed by atoms with Gasteiger partial charge in [0.05, 0.1) is 0 Å². The number of alkyl halides is 1. The maximum atomic E-state index is 12.8. The third-order valence-electron chi connectivity index (χ3n) is 2.60. The van der Waals surface area contributed by atoms with Gasteiger partial charge < -0.3 is 0 Å². The SMILES string of the molecule is Cc1cc(CBr)ccc1-c1ccc(F)cc1. The molecule has 2 aromatic rings. The van der Waals surface area contributed by atoms with Crippen LogP contribution in [0.5, 0.6) is 0 Å². The van der Waals surface area contributed by atoms with Gasteiger partial charge in [-0.1, -0.05) is 46.3 Å². The molecule has 2 rings (SSSR count). The summed E-state index contributed by atoms with van der Waals surface area (Å²) in [5.74, 6) is -0.196. The molecule has 0 spiro atoms. The fraction of sp³-hybridized carbons (Fsp3) is 0.143. The standard InChI is InChI=1S/C14H12BrF/c1-10-8-11(9-15)2-7-14(10)12-3-5-13(16)6-4-12/h2-8H,9H2,1H3. The molecule has 0 aromatic heterocycles. The van der Waals surface area contributed by atoms with E-state index in [1.165, 1.54) is 23.3 Å². The summed E-state index contributed by atoms with van der Waals surface area (Å²) >= 11 is 3.43. The summed E-state index contributed by atoms with van der Waals surface area (Å²) in [5.41, 5.74) is 4.68. The van der Waals surface area contributed by atoms with Gasteiger partial charge in [-0.3, -0.25) is 0 Å². The maximum absolute atomic E-state index is 12.8. The lowest BCUT2D eigenvalue weighted by Crippen LogP contribution is -1.86. The number of rotatable bonds is 2. The molecule has 0 N–H and O–H groups in total. The van der Waals surface area contributed by atoms with E-state index in [0.717, 1.165) is 16.5 Å². The predicted octanol–water partition coefficient (Wildman–Crippen LogP) is 4.70. The van der Waals surface area contributed by atoms with Crippen molar-refractivity contribution in [1.29, 1.82) is 0 Å². The van der Waals surface area contributed by atoms with Crippen molar-refractivity contribution in [2.75, 3.05) is 0 Å². The highest BCUT2D eigenvalue weighted by Gasteiger charge is 2.02. The van der Waals surface area contributed by atoms with Crippen LogP contribution in [0.15, 0.2) is 42.5 Å². The predicted molar refractivity (Wildman–Crippen MR) is 69.2 cm³/mol. The second-order valence-corrected chi connectivity index (χ2v) is 4.35. The molecule has 0 nitrogen and oxygen atoms in total. The number of halogens is 2. The Morgan fingerprint density at radius 2 is 1.75 bits per heavy atom. The molecule has 0 bridgehead atoms. The lowest BCUT2D eigenvalue weighted by molar-refractivity contribution is 0.628. The summed E-state index contributed by atoms with van der Waals surface area (Å²) in [4.78, 5) is 0. The molecule has 0 unspecified atom stereocenters. The third-order valence-corrected chi connectivity index (χ3v) is 3.25.